The number of nitrogens with zero attached hydrogens (tertiary/aromatic N) is 2. The third kappa shape index (κ3) is 6.75. The van der Waals surface area contributed by atoms with Crippen molar-refractivity contribution in [1.29, 1.82) is 0 Å². The summed E-state index contributed by atoms with van der Waals surface area (Å²) >= 11 is 0. The summed E-state index contributed by atoms with van der Waals surface area (Å²) in [4.78, 5) is 22.7. The zero-order valence-electron chi connectivity index (χ0n) is 12.3. The van der Waals surface area contributed by atoms with Gasteiger partial charge in [0.25, 0.3) is 0 Å². The largest absolute Gasteiger partial charge is 0.480 e. The lowest BCUT2D eigenvalue weighted by Gasteiger charge is -2.15. The van der Waals surface area contributed by atoms with Gasteiger partial charge in [-0.15, -0.1) is 0 Å². The minimum Gasteiger partial charge on any atom is -0.480 e. The van der Waals surface area contributed by atoms with Crippen molar-refractivity contribution in [3.05, 3.63) is 18.0 Å². The molecule has 3 N–H and O–H groups in total. The van der Waals surface area contributed by atoms with E-state index in [2.05, 4.69) is 15.7 Å². The van der Waals surface area contributed by atoms with Gasteiger partial charge in [-0.2, -0.15) is 5.10 Å². The lowest BCUT2D eigenvalue weighted by molar-refractivity contribution is -0.139. The number of hydrogen-bond acceptors (Lipinski definition) is 4. The highest BCUT2D eigenvalue weighted by Crippen LogP contribution is 1.98. The quantitative estimate of drug-likeness (QED) is 0.571. The molecular weight excluding hydrogens is 276 g/mol. The van der Waals surface area contributed by atoms with E-state index in [4.69, 9.17) is 9.84 Å². The third-order valence-electron chi connectivity index (χ3n) is 2.83. The van der Waals surface area contributed by atoms with E-state index in [1.165, 1.54) is 0 Å². The van der Waals surface area contributed by atoms with Gasteiger partial charge < -0.3 is 20.5 Å². The number of amides is 2. The van der Waals surface area contributed by atoms with E-state index in [0.717, 1.165) is 5.56 Å². The van der Waals surface area contributed by atoms with Crippen LogP contribution in [-0.4, -0.2) is 53.2 Å². The summed E-state index contributed by atoms with van der Waals surface area (Å²) in [6.07, 6.45) is 4.50. The number of aryl methyl sites for hydroxylation is 1. The van der Waals surface area contributed by atoms with E-state index in [1.807, 2.05) is 13.1 Å². The summed E-state index contributed by atoms with van der Waals surface area (Å²) in [5.74, 6) is -1.05. The van der Waals surface area contributed by atoms with Gasteiger partial charge in [0.05, 0.1) is 12.7 Å². The van der Waals surface area contributed by atoms with Crippen molar-refractivity contribution >= 4 is 12.0 Å². The zero-order chi connectivity index (χ0) is 15.7. The number of nitrogens with one attached hydrogen (secondary N) is 2. The molecule has 0 aliphatic carbocycles. The minimum atomic E-state index is -1.05. The second-order valence-electron chi connectivity index (χ2n) is 4.71. The van der Waals surface area contributed by atoms with Gasteiger partial charge in [0.2, 0.25) is 0 Å². The van der Waals surface area contributed by atoms with E-state index in [9.17, 15) is 9.59 Å². The number of methoxy groups -OCH3 is 1. The lowest BCUT2D eigenvalue weighted by atomic mass is 10.1. The van der Waals surface area contributed by atoms with E-state index in [-0.39, 0.29) is 0 Å². The summed E-state index contributed by atoms with van der Waals surface area (Å²) in [5.41, 5.74) is 1.04. The van der Waals surface area contributed by atoms with Crippen molar-refractivity contribution in [2.24, 2.45) is 0 Å². The van der Waals surface area contributed by atoms with Crippen LogP contribution in [0.3, 0.4) is 0 Å². The Morgan fingerprint density at radius 3 is 2.86 bits per heavy atom. The molecule has 2 amide bonds. The maximum absolute atomic E-state index is 11.6. The molecule has 0 aromatic carbocycles. The van der Waals surface area contributed by atoms with Gasteiger partial charge >= 0.3 is 12.0 Å². The number of hydrogen-bond donors (Lipinski definition) is 3. The lowest BCUT2D eigenvalue weighted by Crippen LogP contribution is -2.46. The van der Waals surface area contributed by atoms with Gasteiger partial charge in [-0.1, -0.05) is 0 Å². The van der Waals surface area contributed by atoms with Gasteiger partial charge in [-0.05, 0) is 25.3 Å². The number of urea groups is 1. The number of aromatic nitrogens is 2. The molecular formula is C13H22N4O4. The van der Waals surface area contributed by atoms with Gasteiger partial charge in [-0.25, -0.2) is 9.59 Å². The topological polar surface area (TPSA) is 105 Å². The Hall–Kier alpha value is -2.09. The standard InChI is InChI=1S/C13H22N4O4/c1-10-8-15-17(9-10)6-5-14-13(20)16-11(12(18)19)4-3-7-21-2/h8-9,11H,3-7H2,1-2H3,(H,18,19)(H2,14,16,20). The third-order valence-corrected chi connectivity index (χ3v) is 2.83. The van der Waals surface area contributed by atoms with Crippen molar-refractivity contribution in [3.63, 3.8) is 0 Å². The number of carbonyl (C=O) groups excluding carboxylic acids is 1. The van der Waals surface area contributed by atoms with Crippen molar-refractivity contribution in [3.8, 4) is 0 Å². The van der Waals surface area contributed by atoms with Crippen LogP contribution in [0.4, 0.5) is 4.79 Å². The second-order valence-corrected chi connectivity index (χ2v) is 4.71. The summed E-state index contributed by atoms with van der Waals surface area (Å²) in [5, 5.41) is 18.2. The van der Waals surface area contributed by atoms with Crippen LogP contribution in [0.1, 0.15) is 18.4 Å². The van der Waals surface area contributed by atoms with Gasteiger partial charge in [0.1, 0.15) is 6.04 Å². The highest BCUT2D eigenvalue weighted by Gasteiger charge is 2.19. The molecule has 0 aliphatic heterocycles. The second kappa shape index (κ2) is 8.96. The van der Waals surface area contributed by atoms with Crippen LogP contribution in [0.2, 0.25) is 0 Å². The molecule has 0 bridgehead atoms. The molecule has 0 spiro atoms. The fourth-order valence-electron chi connectivity index (χ4n) is 1.77. The molecule has 1 aromatic rings. The smallest absolute Gasteiger partial charge is 0.326 e. The number of rotatable bonds is 9. The van der Waals surface area contributed by atoms with E-state index >= 15 is 0 Å². The molecule has 8 heteroatoms. The van der Waals surface area contributed by atoms with Crippen LogP contribution in [0.5, 0.6) is 0 Å². The number of carboxylic acid groups (broad SMARTS) is 1. The molecule has 0 radical (unpaired) electrons. The van der Waals surface area contributed by atoms with Crippen LogP contribution in [0.25, 0.3) is 0 Å². The molecule has 1 unspecified atom stereocenters. The van der Waals surface area contributed by atoms with Gasteiger partial charge in [0, 0.05) is 26.5 Å². The monoisotopic (exact) mass is 298 g/mol. The van der Waals surface area contributed by atoms with Crippen molar-refractivity contribution in [2.75, 3.05) is 20.3 Å². The molecule has 1 heterocycles. The molecule has 0 saturated carbocycles. The Labute approximate surface area is 123 Å². The molecule has 0 aliphatic rings. The molecule has 118 valence electrons. The molecule has 21 heavy (non-hydrogen) atoms. The first-order chi connectivity index (χ1) is 10.0. The van der Waals surface area contributed by atoms with Crippen LogP contribution in [0.15, 0.2) is 12.4 Å². The molecule has 8 nitrogen and oxygen atoms in total. The Balaban J connectivity index is 2.27. The molecule has 1 aromatic heterocycles. The number of ether oxygens (including phenoxy) is 1. The average Bonchev–Trinajstić information content (AvgIpc) is 2.83. The molecule has 1 atom stereocenters. The summed E-state index contributed by atoms with van der Waals surface area (Å²) in [6.45, 7) is 3.30. The van der Waals surface area contributed by atoms with Crippen molar-refractivity contribution < 1.29 is 19.4 Å². The highest BCUT2D eigenvalue weighted by atomic mass is 16.5. The first kappa shape index (κ1) is 17.0. The molecule has 0 fully saturated rings. The summed E-state index contributed by atoms with van der Waals surface area (Å²) in [6, 6.07) is -1.41. The van der Waals surface area contributed by atoms with E-state index in [0.29, 0.717) is 32.5 Å². The van der Waals surface area contributed by atoms with Crippen LogP contribution in [0, 0.1) is 6.92 Å². The summed E-state index contributed by atoms with van der Waals surface area (Å²) in [7, 11) is 1.55. The predicted octanol–water partition coefficient (Wildman–Crippen LogP) is 0.371. The van der Waals surface area contributed by atoms with E-state index < -0.39 is 18.0 Å². The Morgan fingerprint density at radius 2 is 2.29 bits per heavy atom. The maximum Gasteiger partial charge on any atom is 0.326 e. The number of carbonyl (C=O) groups is 2. The Kier molecular flexibility index (Phi) is 7.24. The summed E-state index contributed by atoms with van der Waals surface area (Å²) < 4.78 is 6.57. The first-order valence-corrected chi connectivity index (χ1v) is 6.78. The first-order valence-electron chi connectivity index (χ1n) is 6.78. The van der Waals surface area contributed by atoms with Crippen LogP contribution in [-0.2, 0) is 16.1 Å². The van der Waals surface area contributed by atoms with Crippen LogP contribution < -0.4 is 10.6 Å². The number of aliphatic carboxylic acids is 1. The van der Waals surface area contributed by atoms with Gasteiger partial charge in [-0.3, -0.25) is 4.68 Å². The fraction of sp³-hybridized carbons (Fsp3) is 0.615. The predicted molar refractivity (Wildman–Crippen MR) is 76.0 cm³/mol. The van der Waals surface area contributed by atoms with E-state index in [1.54, 1.807) is 18.0 Å². The molecule has 1 rings (SSSR count). The highest BCUT2D eigenvalue weighted by molar-refractivity contribution is 5.82. The fourth-order valence-corrected chi connectivity index (χ4v) is 1.77. The normalized spacial score (nSPS) is 11.9. The van der Waals surface area contributed by atoms with Gasteiger partial charge in [0.15, 0.2) is 0 Å². The Morgan fingerprint density at radius 1 is 1.52 bits per heavy atom. The number of carboxylic acids is 1. The minimum absolute atomic E-state index is 0.328. The Bertz CT molecular complexity index is 461. The van der Waals surface area contributed by atoms with Crippen molar-refractivity contribution in [2.45, 2.75) is 32.4 Å². The SMILES string of the molecule is COCCCC(NC(=O)NCCn1cc(C)cn1)C(=O)O. The maximum atomic E-state index is 11.6. The zero-order valence-corrected chi connectivity index (χ0v) is 12.3. The van der Waals surface area contributed by atoms with Crippen molar-refractivity contribution in [1.82, 2.24) is 20.4 Å². The van der Waals surface area contributed by atoms with Crippen LogP contribution >= 0.6 is 0 Å². The average molecular weight is 298 g/mol. The molecule has 0 saturated heterocycles.